The third kappa shape index (κ3) is 2.22. The number of hydrogen-bond acceptors (Lipinski definition) is 5. The molecule has 0 saturated heterocycles. The Balaban J connectivity index is 1.92. The third-order valence-corrected chi connectivity index (χ3v) is 7.31. The van der Waals surface area contributed by atoms with Crippen LogP contribution in [0.3, 0.4) is 0 Å². The first kappa shape index (κ1) is 14.7. The van der Waals surface area contributed by atoms with Crippen molar-refractivity contribution < 1.29 is 0 Å². The van der Waals surface area contributed by atoms with Gasteiger partial charge in [0.25, 0.3) is 0 Å². The number of fused-ring (bicyclic) bond motifs is 2. The van der Waals surface area contributed by atoms with E-state index in [0.717, 1.165) is 13.1 Å². The number of thioether (sulfide) groups is 2. The smallest absolute Gasteiger partial charge is 0.168 e. The van der Waals surface area contributed by atoms with E-state index >= 15 is 0 Å². The zero-order chi connectivity index (χ0) is 15.3. The van der Waals surface area contributed by atoms with Crippen molar-refractivity contribution >= 4 is 55.8 Å². The number of amidine groups is 1. The van der Waals surface area contributed by atoms with Crippen LogP contribution in [0.2, 0.25) is 0 Å². The van der Waals surface area contributed by atoms with Crippen molar-refractivity contribution in [3.8, 4) is 0 Å². The Hall–Kier alpha value is -0.910. The second kappa shape index (κ2) is 5.62. The number of allylic oxidation sites excluding steroid dienone is 1. The van der Waals surface area contributed by atoms with Gasteiger partial charge in [-0.2, -0.15) is 0 Å². The highest BCUT2D eigenvalue weighted by molar-refractivity contribution is 8.17. The highest BCUT2D eigenvalue weighted by atomic mass is 32.2. The van der Waals surface area contributed by atoms with Gasteiger partial charge in [0, 0.05) is 26.6 Å². The fourth-order valence-electron chi connectivity index (χ4n) is 3.03. The first-order chi connectivity index (χ1) is 10.7. The van der Waals surface area contributed by atoms with Gasteiger partial charge < -0.3 is 4.90 Å². The second-order valence-corrected chi connectivity index (χ2v) is 8.58. The molecule has 0 unspecified atom stereocenters. The summed E-state index contributed by atoms with van der Waals surface area (Å²) in [5, 5.41) is 4.74. The minimum atomic E-state index is 0.532. The monoisotopic (exact) mass is 346 g/mol. The number of benzene rings is 1. The van der Waals surface area contributed by atoms with Crippen LogP contribution in [0.25, 0.3) is 15.8 Å². The summed E-state index contributed by atoms with van der Waals surface area (Å²) in [6.07, 6.45) is 2.17. The Kier molecular flexibility index (Phi) is 3.75. The molecule has 0 aliphatic carbocycles. The number of rotatable bonds is 3. The van der Waals surface area contributed by atoms with Crippen LogP contribution in [0.1, 0.15) is 19.4 Å². The fraction of sp³-hybridized carbons (Fsp3) is 0.353. The molecule has 2 nitrogen and oxygen atoms in total. The summed E-state index contributed by atoms with van der Waals surface area (Å²) in [5.74, 6) is 0.532. The van der Waals surface area contributed by atoms with Crippen LogP contribution in [0.5, 0.6) is 0 Å². The molecule has 0 atom stereocenters. The zero-order valence-electron chi connectivity index (χ0n) is 12.9. The van der Waals surface area contributed by atoms with Gasteiger partial charge in [-0.3, -0.25) is 4.99 Å². The molecule has 0 N–H and O–H groups in total. The molecule has 2 aromatic rings. The number of aliphatic imine (C=N–C) groups is 1. The van der Waals surface area contributed by atoms with Crippen molar-refractivity contribution in [1.29, 1.82) is 0 Å². The molecule has 114 valence electrons. The normalized spacial score (nSPS) is 17.8. The molecule has 0 radical (unpaired) electrons. The molecule has 1 aromatic carbocycles. The van der Waals surface area contributed by atoms with Crippen molar-refractivity contribution in [2.45, 2.75) is 18.7 Å². The topological polar surface area (TPSA) is 15.6 Å². The molecule has 0 bridgehead atoms. The summed E-state index contributed by atoms with van der Waals surface area (Å²) in [6, 6.07) is 6.95. The quantitative estimate of drug-likeness (QED) is 0.695. The average Bonchev–Trinajstić information content (AvgIpc) is 3.19. The maximum Gasteiger partial charge on any atom is 0.168 e. The lowest BCUT2D eigenvalue weighted by molar-refractivity contribution is 0.640. The summed E-state index contributed by atoms with van der Waals surface area (Å²) >= 11 is 5.54. The van der Waals surface area contributed by atoms with Crippen LogP contribution < -0.4 is 0 Å². The molecule has 22 heavy (non-hydrogen) atoms. The van der Waals surface area contributed by atoms with Crippen LogP contribution in [-0.2, 0) is 0 Å². The molecule has 1 aromatic heterocycles. The molecular weight excluding hydrogens is 328 g/mol. The first-order valence-electron chi connectivity index (χ1n) is 7.48. The van der Waals surface area contributed by atoms with Crippen LogP contribution >= 0.6 is 34.9 Å². The van der Waals surface area contributed by atoms with E-state index in [-0.39, 0.29) is 0 Å². The first-order valence-corrected chi connectivity index (χ1v) is 10.4. The van der Waals surface area contributed by atoms with Crippen molar-refractivity contribution in [1.82, 2.24) is 4.90 Å². The second-order valence-electron chi connectivity index (χ2n) is 5.80. The third-order valence-electron chi connectivity index (χ3n) is 4.04. The molecule has 2 aliphatic heterocycles. The van der Waals surface area contributed by atoms with Gasteiger partial charge in [0.15, 0.2) is 5.17 Å². The van der Waals surface area contributed by atoms with E-state index in [1.165, 1.54) is 36.3 Å². The highest BCUT2D eigenvalue weighted by Gasteiger charge is 2.34. The van der Waals surface area contributed by atoms with E-state index in [1.54, 1.807) is 0 Å². The van der Waals surface area contributed by atoms with Gasteiger partial charge in [0.2, 0.25) is 0 Å². The molecule has 3 heterocycles. The van der Waals surface area contributed by atoms with Gasteiger partial charge in [0.1, 0.15) is 0 Å². The van der Waals surface area contributed by atoms with E-state index in [4.69, 9.17) is 0 Å². The van der Waals surface area contributed by atoms with Gasteiger partial charge in [-0.1, -0.05) is 25.6 Å². The predicted octanol–water partition coefficient (Wildman–Crippen LogP) is 5.37. The summed E-state index contributed by atoms with van der Waals surface area (Å²) < 4.78 is 1.41. The van der Waals surface area contributed by atoms with Crippen LogP contribution in [0.4, 0.5) is 0 Å². The maximum atomic E-state index is 4.66. The molecular formula is C17H18N2S3. The molecule has 0 spiro atoms. The summed E-state index contributed by atoms with van der Waals surface area (Å²) in [4.78, 5) is 9.92. The summed E-state index contributed by atoms with van der Waals surface area (Å²) in [6.45, 7) is 6.50. The van der Waals surface area contributed by atoms with Crippen LogP contribution in [0, 0.1) is 5.92 Å². The molecule has 5 heteroatoms. The Morgan fingerprint density at radius 1 is 1.32 bits per heavy atom. The molecule has 0 saturated carbocycles. The molecule has 2 aliphatic rings. The van der Waals surface area contributed by atoms with Gasteiger partial charge in [-0.15, -0.1) is 23.1 Å². The lowest BCUT2D eigenvalue weighted by atomic mass is 10.0. The molecule has 4 rings (SSSR count). The van der Waals surface area contributed by atoms with Crippen molar-refractivity contribution in [3.05, 3.63) is 34.0 Å². The van der Waals surface area contributed by atoms with Crippen molar-refractivity contribution in [3.63, 3.8) is 0 Å². The van der Waals surface area contributed by atoms with E-state index in [2.05, 4.69) is 53.6 Å². The highest BCUT2D eigenvalue weighted by Crippen LogP contribution is 2.46. The lowest BCUT2D eigenvalue weighted by Crippen LogP contribution is -2.20. The summed E-state index contributed by atoms with van der Waals surface area (Å²) in [7, 11) is 0. The van der Waals surface area contributed by atoms with Gasteiger partial charge in [0.05, 0.1) is 12.2 Å². The van der Waals surface area contributed by atoms with Crippen molar-refractivity contribution in [2.24, 2.45) is 10.9 Å². The number of hydrogen-bond donors (Lipinski definition) is 0. The van der Waals surface area contributed by atoms with Gasteiger partial charge in [-0.25, -0.2) is 0 Å². The van der Waals surface area contributed by atoms with E-state index < -0.39 is 0 Å². The SMILES string of the molecule is CSc1cc(C2=C(C(C)C)SC3=NCCN32)cc2ccsc12. The van der Waals surface area contributed by atoms with E-state index in [1.807, 2.05) is 34.9 Å². The van der Waals surface area contributed by atoms with Gasteiger partial charge in [-0.05, 0) is 41.1 Å². The van der Waals surface area contributed by atoms with Crippen LogP contribution in [-0.4, -0.2) is 29.4 Å². The minimum absolute atomic E-state index is 0.532. The number of thiophene rings is 1. The zero-order valence-corrected chi connectivity index (χ0v) is 15.4. The van der Waals surface area contributed by atoms with E-state index in [9.17, 15) is 0 Å². The average molecular weight is 347 g/mol. The standard InChI is InChI=1S/C17H18N2S3/c1-10(2)15-14(19-6-5-18-17(19)22-15)12-8-11-4-7-21-16(11)13(9-12)20-3/h4,7-10H,5-6H2,1-3H3. The fourth-order valence-corrected chi connectivity index (χ4v) is 5.96. The van der Waals surface area contributed by atoms with Gasteiger partial charge >= 0.3 is 0 Å². The largest absolute Gasteiger partial charge is 0.318 e. The van der Waals surface area contributed by atoms with Crippen LogP contribution in [0.15, 0.2) is 38.4 Å². The van der Waals surface area contributed by atoms with E-state index in [0.29, 0.717) is 5.92 Å². The number of nitrogens with zero attached hydrogens (tertiary/aromatic N) is 2. The summed E-state index contributed by atoms with van der Waals surface area (Å²) in [5.41, 5.74) is 2.73. The molecule has 0 fully saturated rings. The lowest BCUT2D eigenvalue weighted by Gasteiger charge is -2.19. The molecule has 0 amide bonds. The predicted molar refractivity (Wildman–Crippen MR) is 102 cm³/mol. The maximum absolute atomic E-state index is 4.66. The minimum Gasteiger partial charge on any atom is -0.318 e. The Morgan fingerprint density at radius 2 is 2.18 bits per heavy atom. The Morgan fingerprint density at radius 3 is 2.95 bits per heavy atom. The Bertz CT molecular complexity index is 801. The Labute approximate surface area is 143 Å². The van der Waals surface area contributed by atoms with Crippen molar-refractivity contribution in [2.75, 3.05) is 19.3 Å².